The number of hydrogen-bond donors (Lipinski definition) is 2. The summed E-state index contributed by atoms with van der Waals surface area (Å²) < 4.78 is 38.9. The van der Waals surface area contributed by atoms with Crippen LogP contribution in [0.25, 0.3) is 0 Å². The van der Waals surface area contributed by atoms with Gasteiger partial charge in [0.1, 0.15) is 0 Å². The van der Waals surface area contributed by atoms with Crippen molar-refractivity contribution in [1.82, 2.24) is 0 Å². The molecule has 57 heavy (non-hydrogen) atoms. The summed E-state index contributed by atoms with van der Waals surface area (Å²) in [5, 5.41) is 7.70. The van der Waals surface area contributed by atoms with Crippen LogP contribution in [0.3, 0.4) is 0 Å². The summed E-state index contributed by atoms with van der Waals surface area (Å²) in [6.45, 7) is 18.9. The van der Waals surface area contributed by atoms with Gasteiger partial charge in [-0.1, -0.05) is 88.5 Å². The van der Waals surface area contributed by atoms with Crippen LogP contribution in [0, 0.1) is 24.7 Å². The predicted octanol–water partition coefficient (Wildman–Crippen LogP) is 12.8. The minimum atomic E-state index is -4.33. The second kappa shape index (κ2) is 17.5. The molecular weight excluding hydrogens is 792 g/mol. The maximum atomic E-state index is 13.0. The summed E-state index contributed by atoms with van der Waals surface area (Å²) in [4.78, 5) is 29.0. The van der Waals surface area contributed by atoms with Crippen molar-refractivity contribution in [1.29, 1.82) is 0 Å². The molecule has 6 rings (SSSR count). The van der Waals surface area contributed by atoms with Crippen molar-refractivity contribution in [3.63, 3.8) is 0 Å². The van der Waals surface area contributed by atoms with Gasteiger partial charge >= 0.3 is 6.18 Å². The van der Waals surface area contributed by atoms with Crippen LogP contribution in [0.4, 0.5) is 35.9 Å². The second-order valence-electron chi connectivity index (χ2n) is 17.5. The summed E-state index contributed by atoms with van der Waals surface area (Å²) in [6, 6.07) is 17.8. The van der Waals surface area contributed by atoms with Crippen LogP contribution in [-0.2, 0) is 41.7 Å². The molecule has 0 bridgehead atoms. The number of hydrogen-bond acceptors (Lipinski definition) is 4. The molecule has 12 heteroatoms. The van der Waals surface area contributed by atoms with Gasteiger partial charge in [-0.3, -0.25) is 9.59 Å². The fraction of sp³-hybridized carbons (Fsp3) is 0.422. The van der Waals surface area contributed by atoms with Crippen LogP contribution in [0.15, 0.2) is 60.7 Å². The summed E-state index contributed by atoms with van der Waals surface area (Å²) in [6.07, 6.45) is -2.01. The van der Waals surface area contributed by atoms with Gasteiger partial charge in [-0.2, -0.15) is 13.2 Å². The highest BCUT2D eigenvalue weighted by atomic mass is 35.5. The van der Waals surface area contributed by atoms with Crippen LogP contribution < -0.4 is 20.4 Å². The number of halogens is 6. The van der Waals surface area contributed by atoms with Crippen LogP contribution in [-0.4, -0.2) is 24.9 Å². The van der Waals surface area contributed by atoms with Gasteiger partial charge in [0.05, 0.1) is 27.0 Å². The number of carbonyl (C=O) groups excluding carboxylic acids is 2. The Morgan fingerprint density at radius 2 is 1.04 bits per heavy atom. The molecule has 2 heterocycles. The normalized spacial score (nSPS) is 14.3. The lowest BCUT2D eigenvalue weighted by atomic mass is 9.92. The second-order valence-corrected chi connectivity index (χ2v) is 18.8. The third kappa shape index (κ3) is 12.1. The Kier molecular flexibility index (Phi) is 13.6. The molecular formula is C45H52Cl3F3N4O2. The van der Waals surface area contributed by atoms with Gasteiger partial charge in [0.15, 0.2) is 0 Å². The molecule has 2 aliphatic rings. The Morgan fingerprint density at radius 1 is 0.614 bits per heavy atom. The molecule has 2 aliphatic heterocycles. The van der Waals surface area contributed by atoms with Crippen molar-refractivity contribution in [2.24, 2.45) is 10.8 Å². The van der Waals surface area contributed by atoms with Gasteiger partial charge < -0.3 is 20.4 Å². The van der Waals surface area contributed by atoms with E-state index in [1.807, 2.05) is 73.6 Å². The number of benzene rings is 4. The number of anilines is 4. The fourth-order valence-corrected chi connectivity index (χ4v) is 7.97. The van der Waals surface area contributed by atoms with Crippen molar-refractivity contribution < 1.29 is 22.8 Å². The molecule has 306 valence electrons. The summed E-state index contributed by atoms with van der Waals surface area (Å²) >= 11 is 19.1. The average Bonchev–Trinajstić information content (AvgIpc) is 3.09. The maximum absolute atomic E-state index is 13.0. The van der Waals surface area contributed by atoms with Crippen molar-refractivity contribution in [2.75, 3.05) is 33.5 Å². The number of rotatable bonds is 6. The Labute approximate surface area is 350 Å². The lowest BCUT2D eigenvalue weighted by Gasteiger charge is -2.32. The minimum Gasteiger partial charge on any atom is -0.367 e. The molecule has 0 saturated heterocycles. The third-order valence-electron chi connectivity index (χ3n) is 9.91. The monoisotopic (exact) mass is 842 g/mol. The first-order valence-electron chi connectivity index (χ1n) is 19.1. The number of aryl methyl sites for hydroxylation is 2. The van der Waals surface area contributed by atoms with E-state index >= 15 is 0 Å². The zero-order chi connectivity index (χ0) is 42.0. The standard InChI is InChI=1S/C23H26ClF3N2O.C22H26Cl2N2O/c1-14-9-18(11-19(24)21(14)28-20(30)12-22(2,3)4)29-8-7-15-10-17(23(25,26)27)6-5-16(15)13-29;1-14-9-18(11-19(24)21(14)25-20(27)12-22(2,3)4)26-8-7-15-10-17(23)6-5-16(15)13-26/h5-6,9-11H,7-8,12-13H2,1-4H3,(H,28,30);5-6,9-11H,7-8,12-13H2,1-4H3,(H,25,27). The molecule has 0 radical (unpaired) electrons. The first kappa shape index (κ1) is 44.2. The molecule has 0 saturated carbocycles. The van der Waals surface area contributed by atoms with Crippen molar-refractivity contribution in [3.05, 3.63) is 115 Å². The zero-order valence-electron chi connectivity index (χ0n) is 33.9. The molecule has 0 unspecified atom stereocenters. The third-order valence-corrected chi connectivity index (χ3v) is 10.7. The van der Waals surface area contributed by atoms with E-state index in [4.69, 9.17) is 34.8 Å². The van der Waals surface area contributed by atoms with Gasteiger partial charge in [-0.25, -0.2) is 0 Å². The van der Waals surface area contributed by atoms with Crippen molar-refractivity contribution in [3.8, 4) is 0 Å². The number of fused-ring (bicyclic) bond motifs is 2. The maximum Gasteiger partial charge on any atom is 0.416 e. The van der Waals surface area contributed by atoms with Gasteiger partial charge in [-0.15, -0.1) is 0 Å². The molecule has 0 atom stereocenters. The summed E-state index contributed by atoms with van der Waals surface area (Å²) in [7, 11) is 0. The Bertz CT molecular complexity index is 2090. The lowest BCUT2D eigenvalue weighted by molar-refractivity contribution is -0.137. The van der Waals surface area contributed by atoms with E-state index in [1.54, 1.807) is 12.1 Å². The lowest BCUT2D eigenvalue weighted by Crippen LogP contribution is -2.30. The SMILES string of the molecule is Cc1cc(N2CCc3cc(C(F)(F)F)ccc3C2)cc(Cl)c1NC(=O)CC(C)(C)C.Cc1cc(N2CCc3cc(Cl)ccc3C2)cc(Cl)c1NC(=O)CC(C)(C)C. The van der Waals surface area contributed by atoms with E-state index < -0.39 is 11.7 Å². The smallest absolute Gasteiger partial charge is 0.367 e. The van der Waals surface area contributed by atoms with Gasteiger partial charge in [0.2, 0.25) is 11.8 Å². The fourth-order valence-electron chi connectivity index (χ4n) is 7.16. The number of carbonyl (C=O) groups is 2. The van der Waals surface area contributed by atoms with Gasteiger partial charge in [-0.05, 0) is 119 Å². The van der Waals surface area contributed by atoms with E-state index in [9.17, 15) is 22.8 Å². The number of nitrogens with one attached hydrogen (secondary N) is 2. The zero-order valence-corrected chi connectivity index (χ0v) is 36.2. The van der Waals surface area contributed by atoms with E-state index in [2.05, 4.69) is 38.6 Å². The molecule has 6 nitrogen and oxygen atoms in total. The Balaban J connectivity index is 0.000000219. The molecule has 4 aromatic rings. The van der Waals surface area contributed by atoms with Crippen LogP contribution in [0.5, 0.6) is 0 Å². The number of amides is 2. The average molecular weight is 844 g/mol. The minimum absolute atomic E-state index is 0.0102. The van der Waals surface area contributed by atoms with Crippen LogP contribution in [0.1, 0.15) is 93.3 Å². The highest BCUT2D eigenvalue weighted by Crippen LogP contribution is 2.37. The molecule has 2 amide bonds. The van der Waals surface area contributed by atoms with Gasteiger partial charge in [0.25, 0.3) is 0 Å². The Hall–Kier alpha value is -3.92. The molecule has 0 aliphatic carbocycles. The number of nitrogens with zero attached hydrogens (tertiary/aromatic N) is 2. The summed E-state index contributed by atoms with van der Waals surface area (Å²) in [5.74, 6) is -0.100. The van der Waals surface area contributed by atoms with Crippen molar-refractivity contribution >= 4 is 69.4 Å². The molecule has 0 fully saturated rings. The topological polar surface area (TPSA) is 64.7 Å². The largest absolute Gasteiger partial charge is 0.416 e. The Morgan fingerprint density at radius 3 is 1.44 bits per heavy atom. The molecule has 0 spiro atoms. The van der Waals surface area contributed by atoms with Crippen LogP contribution in [0.2, 0.25) is 15.1 Å². The predicted molar refractivity (Wildman–Crippen MR) is 230 cm³/mol. The molecule has 2 N–H and O–H groups in total. The molecule has 4 aromatic carbocycles. The van der Waals surface area contributed by atoms with Crippen molar-refractivity contribution in [2.45, 2.75) is 100 Å². The highest BCUT2D eigenvalue weighted by molar-refractivity contribution is 6.34. The first-order chi connectivity index (χ1) is 26.5. The van der Waals surface area contributed by atoms with E-state index in [0.717, 1.165) is 64.2 Å². The van der Waals surface area contributed by atoms with Crippen LogP contribution >= 0.6 is 34.8 Å². The quantitative estimate of drug-likeness (QED) is 0.203. The number of alkyl halides is 3. The van der Waals surface area contributed by atoms with E-state index in [1.165, 1.54) is 17.2 Å². The summed E-state index contributed by atoms with van der Waals surface area (Å²) in [5.41, 5.74) is 8.51. The van der Waals surface area contributed by atoms with E-state index in [-0.39, 0.29) is 22.6 Å². The van der Waals surface area contributed by atoms with E-state index in [0.29, 0.717) is 53.8 Å². The highest BCUT2D eigenvalue weighted by Gasteiger charge is 2.32. The first-order valence-corrected chi connectivity index (χ1v) is 20.3. The van der Waals surface area contributed by atoms with Gasteiger partial charge in [0, 0.05) is 55.4 Å². The molecule has 0 aromatic heterocycles.